The number of H-pyrrole nitrogens is 1. The number of hydrogen-bond donors (Lipinski definition) is 4. The van der Waals surface area contributed by atoms with E-state index in [4.69, 9.17) is 15.6 Å². The van der Waals surface area contributed by atoms with E-state index in [0.29, 0.717) is 13.0 Å². The van der Waals surface area contributed by atoms with Crippen LogP contribution in [-0.4, -0.2) is 49.5 Å². The first kappa shape index (κ1) is 32.9. The van der Waals surface area contributed by atoms with Gasteiger partial charge < -0.3 is 25.7 Å². The maximum Gasteiger partial charge on any atom is 0.490 e. The number of fused-ring (bicyclic) bond motifs is 1. The Morgan fingerprint density at radius 3 is 2.22 bits per heavy atom. The van der Waals surface area contributed by atoms with E-state index in [-0.39, 0.29) is 18.5 Å². The lowest BCUT2D eigenvalue weighted by Gasteiger charge is -2.20. The van der Waals surface area contributed by atoms with E-state index in [1.807, 2.05) is 24.4 Å². The molecule has 2 aromatic heterocycles. The van der Waals surface area contributed by atoms with Gasteiger partial charge in [-0.15, -0.1) is 10.2 Å². The third-order valence-electron chi connectivity index (χ3n) is 7.28. The van der Waals surface area contributed by atoms with Gasteiger partial charge in [-0.1, -0.05) is 79.7 Å². The quantitative estimate of drug-likeness (QED) is 0.161. The number of aryl methyl sites for hydroxylation is 3. The molecular weight excluding hydrogens is 585 g/mol. The molecule has 1 amide bonds. The van der Waals surface area contributed by atoms with Gasteiger partial charge in [0.15, 0.2) is 5.82 Å². The second-order valence-electron chi connectivity index (χ2n) is 10.4. The number of carbonyl (C=O) groups is 2. The topological polar surface area (TPSA) is 139 Å². The van der Waals surface area contributed by atoms with E-state index in [9.17, 15) is 18.0 Å². The zero-order chi connectivity index (χ0) is 32.4. The van der Waals surface area contributed by atoms with E-state index in [2.05, 4.69) is 92.7 Å². The second-order valence-corrected chi connectivity index (χ2v) is 10.4. The molecule has 0 aliphatic carbocycles. The Hall–Kier alpha value is -4.97. The summed E-state index contributed by atoms with van der Waals surface area (Å²) < 4.78 is 33.9. The van der Waals surface area contributed by atoms with Gasteiger partial charge in [0.1, 0.15) is 5.82 Å². The highest BCUT2D eigenvalue weighted by Crippen LogP contribution is 2.25. The molecule has 0 spiro atoms. The normalized spacial score (nSPS) is 11.9. The zero-order valence-corrected chi connectivity index (χ0v) is 24.7. The molecule has 236 valence electrons. The van der Waals surface area contributed by atoms with Crippen molar-refractivity contribution in [3.05, 3.63) is 119 Å². The van der Waals surface area contributed by atoms with Crippen molar-refractivity contribution in [1.82, 2.24) is 25.1 Å². The lowest BCUT2D eigenvalue weighted by atomic mass is 10.0. The molecular formula is C33H35F3N6O3. The molecule has 0 unspecified atom stereocenters. The minimum atomic E-state index is -5.08. The summed E-state index contributed by atoms with van der Waals surface area (Å²) in [4.78, 5) is 24.8. The van der Waals surface area contributed by atoms with Crippen molar-refractivity contribution in [2.24, 2.45) is 5.73 Å². The van der Waals surface area contributed by atoms with Gasteiger partial charge in [-0.3, -0.25) is 4.79 Å². The minimum absolute atomic E-state index is 0.0855. The van der Waals surface area contributed by atoms with Gasteiger partial charge in [-0.2, -0.15) is 13.2 Å². The van der Waals surface area contributed by atoms with Gasteiger partial charge in [-0.25, -0.2) is 4.79 Å². The van der Waals surface area contributed by atoms with Gasteiger partial charge in [0, 0.05) is 29.9 Å². The van der Waals surface area contributed by atoms with Gasteiger partial charge in [-0.05, 0) is 41.2 Å². The van der Waals surface area contributed by atoms with Gasteiger partial charge in [0.2, 0.25) is 5.91 Å². The van der Waals surface area contributed by atoms with Crippen molar-refractivity contribution >= 4 is 22.8 Å². The maximum atomic E-state index is 12.5. The molecule has 0 fully saturated rings. The molecule has 0 bridgehead atoms. The molecule has 5 aromatic rings. The summed E-state index contributed by atoms with van der Waals surface area (Å²) in [7, 11) is 0. The summed E-state index contributed by atoms with van der Waals surface area (Å²) in [5.41, 5.74) is 11.6. The average Bonchev–Trinajstić information content (AvgIpc) is 3.64. The molecule has 5 N–H and O–H groups in total. The number of carboxylic acids is 1. The molecule has 45 heavy (non-hydrogen) atoms. The first-order chi connectivity index (χ1) is 21.6. The van der Waals surface area contributed by atoms with Crippen molar-refractivity contribution in [3.63, 3.8) is 0 Å². The number of halogens is 3. The number of amides is 1. The number of rotatable bonds is 11. The predicted octanol–water partition coefficient (Wildman–Crippen LogP) is 5.15. The monoisotopic (exact) mass is 620 g/mol. The standard InChI is InChI=1S/C31H34N6O.C2HF3O2/c1-2-22-12-14-24(15-13-22)21-37-29(17-16-23-8-4-3-5-9-23)35-36-31(37)28(34-30(38)19-32)18-25-20-33-27-11-7-6-10-26(25)27;3-2(4,5)1(6)7/h3-15,20,28,33H,2,16-19,21,32H2,1H3,(H,34,38);(H,6,7)/t28-;/m1./s1. The van der Waals surface area contributed by atoms with Crippen LogP contribution in [0.4, 0.5) is 13.2 Å². The van der Waals surface area contributed by atoms with E-state index in [0.717, 1.165) is 47.4 Å². The van der Waals surface area contributed by atoms with Crippen molar-refractivity contribution in [2.45, 2.75) is 51.4 Å². The first-order valence-corrected chi connectivity index (χ1v) is 14.5. The van der Waals surface area contributed by atoms with Crippen LogP contribution >= 0.6 is 0 Å². The molecule has 1 atom stereocenters. The number of carbonyl (C=O) groups excluding carboxylic acids is 1. The molecule has 9 nitrogen and oxygen atoms in total. The Balaban J connectivity index is 0.000000591. The smallest absolute Gasteiger partial charge is 0.475 e. The number of benzene rings is 3. The highest BCUT2D eigenvalue weighted by atomic mass is 19.4. The van der Waals surface area contributed by atoms with Crippen LogP contribution < -0.4 is 11.1 Å². The summed E-state index contributed by atoms with van der Waals surface area (Å²) in [5.74, 6) is -1.34. The third kappa shape index (κ3) is 9.02. The van der Waals surface area contributed by atoms with Crippen LogP contribution in [0.2, 0.25) is 0 Å². The van der Waals surface area contributed by atoms with Crippen LogP contribution in [-0.2, 0) is 41.8 Å². The number of nitrogens with zero attached hydrogens (tertiary/aromatic N) is 3. The van der Waals surface area contributed by atoms with E-state index in [1.54, 1.807) is 0 Å². The van der Waals surface area contributed by atoms with E-state index >= 15 is 0 Å². The summed E-state index contributed by atoms with van der Waals surface area (Å²) >= 11 is 0. The van der Waals surface area contributed by atoms with Crippen LogP contribution in [0.25, 0.3) is 10.9 Å². The number of aromatic amines is 1. The number of para-hydroxylation sites is 1. The minimum Gasteiger partial charge on any atom is -0.475 e. The number of alkyl halides is 3. The summed E-state index contributed by atoms with van der Waals surface area (Å²) in [5, 5.41) is 20.7. The van der Waals surface area contributed by atoms with Crippen molar-refractivity contribution in [2.75, 3.05) is 6.54 Å². The summed E-state index contributed by atoms with van der Waals surface area (Å²) in [6, 6.07) is 26.9. The Bertz CT molecular complexity index is 1700. The number of carboxylic acid groups (broad SMARTS) is 1. The highest BCUT2D eigenvalue weighted by molar-refractivity contribution is 5.83. The fourth-order valence-corrected chi connectivity index (χ4v) is 4.91. The molecule has 2 heterocycles. The molecule has 0 radical (unpaired) electrons. The van der Waals surface area contributed by atoms with Crippen LogP contribution in [0.5, 0.6) is 0 Å². The van der Waals surface area contributed by atoms with E-state index < -0.39 is 12.1 Å². The Morgan fingerprint density at radius 1 is 0.933 bits per heavy atom. The SMILES string of the molecule is CCc1ccc(Cn2c(CCc3ccccc3)nnc2[C@@H](Cc2c[nH]c3ccccc23)NC(=O)CN)cc1.O=C(O)C(F)(F)F. The van der Waals surface area contributed by atoms with Crippen molar-refractivity contribution in [1.29, 1.82) is 0 Å². The predicted molar refractivity (Wildman–Crippen MR) is 164 cm³/mol. The molecule has 0 saturated heterocycles. The van der Waals surface area contributed by atoms with Crippen molar-refractivity contribution in [3.8, 4) is 0 Å². The number of nitrogens with two attached hydrogens (primary N) is 1. The van der Waals surface area contributed by atoms with Gasteiger partial charge in [0.25, 0.3) is 0 Å². The maximum absolute atomic E-state index is 12.5. The lowest BCUT2D eigenvalue weighted by Crippen LogP contribution is -2.36. The third-order valence-corrected chi connectivity index (χ3v) is 7.28. The first-order valence-electron chi connectivity index (χ1n) is 14.5. The number of hydrogen-bond acceptors (Lipinski definition) is 5. The molecule has 12 heteroatoms. The van der Waals surface area contributed by atoms with E-state index in [1.165, 1.54) is 16.7 Å². The largest absolute Gasteiger partial charge is 0.490 e. The molecule has 5 rings (SSSR count). The molecule has 3 aromatic carbocycles. The van der Waals surface area contributed by atoms with Crippen LogP contribution in [0.3, 0.4) is 0 Å². The molecule has 0 saturated carbocycles. The Labute approximate surface area is 258 Å². The van der Waals surface area contributed by atoms with Crippen LogP contribution in [0, 0.1) is 0 Å². The Kier molecular flexibility index (Phi) is 11.1. The fraction of sp³-hybridized carbons (Fsp3) is 0.273. The van der Waals surface area contributed by atoms with Crippen molar-refractivity contribution < 1.29 is 27.9 Å². The molecule has 0 aliphatic heterocycles. The van der Waals surface area contributed by atoms with Crippen LogP contribution in [0.15, 0.2) is 85.1 Å². The number of nitrogens with one attached hydrogen (secondary N) is 2. The number of aromatic nitrogens is 4. The van der Waals surface area contributed by atoms with Gasteiger partial charge in [0.05, 0.1) is 19.1 Å². The average molecular weight is 621 g/mol. The second kappa shape index (κ2) is 15.2. The fourth-order valence-electron chi connectivity index (χ4n) is 4.91. The summed E-state index contributed by atoms with van der Waals surface area (Å²) in [6.07, 6.45) is 0.0944. The highest BCUT2D eigenvalue weighted by Gasteiger charge is 2.38. The lowest BCUT2D eigenvalue weighted by molar-refractivity contribution is -0.192. The molecule has 0 aliphatic rings. The zero-order valence-electron chi connectivity index (χ0n) is 24.7. The van der Waals surface area contributed by atoms with Crippen LogP contribution in [0.1, 0.15) is 46.9 Å². The number of aliphatic carboxylic acids is 1. The van der Waals surface area contributed by atoms with Gasteiger partial charge >= 0.3 is 12.1 Å². The Morgan fingerprint density at radius 2 is 1.58 bits per heavy atom. The summed E-state index contributed by atoms with van der Waals surface area (Å²) in [6.45, 7) is 2.70.